The molecule has 1 aromatic carbocycles. The van der Waals surface area contributed by atoms with Crippen molar-refractivity contribution in [1.82, 2.24) is 0 Å². The van der Waals surface area contributed by atoms with Crippen molar-refractivity contribution in [3.8, 4) is 0 Å². The average Bonchev–Trinajstić information content (AvgIpc) is 3.02. The van der Waals surface area contributed by atoms with Crippen LogP contribution in [0, 0.1) is 5.92 Å². The Bertz CT molecular complexity index is 385. The van der Waals surface area contributed by atoms with E-state index in [0.717, 1.165) is 16.8 Å². The van der Waals surface area contributed by atoms with Crippen molar-refractivity contribution in [2.75, 3.05) is 0 Å². The van der Waals surface area contributed by atoms with Gasteiger partial charge >= 0.3 is 0 Å². The topological polar surface area (TPSA) is 17.1 Å². The molecule has 0 aliphatic heterocycles. The molecule has 0 atom stereocenters. The minimum atomic E-state index is 0.160. The van der Waals surface area contributed by atoms with E-state index in [4.69, 9.17) is 11.6 Å². The van der Waals surface area contributed by atoms with Gasteiger partial charge in [-0.25, -0.2) is 0 Å². The summed E-state index contributed by atoms with van der Waals surface area (Å²) in [5.41, 5.74) is 0.645. The second kappa shape index (κ2) is 4.67. The summed E-state index contributed by atoms with van der Waals surface area (Å²) >= 11 is 9.33. The third-order valence-electron chi connectivity index (χ3n) is 2.71. The predicted octanol–water partition coefficient (Wildman–Crippen LogP) is 4.48. The number of Topliss-reactive ketones (excluding diaryl/α,β-unsaturated/α-hetero) is 1. The van der Waals surface area contributed by atoms with Crippen LogP contribution in [0.15, 0.2) is 22.7 Å². The number of halogens is 2. The lowest BCUT2D eigenvalue weighted by atomic mass is 10.1. The van der Waals surface area contributed by atoms with Gasteiger partial charge in [-0.1, -0.05) is 40.4 Å². The molecule has 0 spiro atoms. The Kier molecular flexibility index (Phi) is 3.47. The smallest absolute Gasteiger partial charge is 0.164 e. The first kappa shape index (κ1) is 11.2. The summed E-state index contributed by atoms with van der Waals surface area (Å²) in [5.74, 6) is 0.952. The highest BCUT2D eigenvalue weighted by atomic mass is 79.9. The van der Waals surface area contributed by atoms with Crippen molar-refractivity contribution in [3.05, 3.63) is 33.3 Å². The molecule has 0 heterocycles. The minimum absolute atomic E-state index is 0.160. The van der Waals surface area contributed by atoms with Gasteiger partial charge in [-0.05, 0) is 30.5 Å². The summed E-state index contributed by atoms with van der Waals surface area (Å²) in [5, 5.41) is 0.555. The molecule has 1 nitrogen and oxygen atoms in total. The van der Waals surface area contributed by atoms with Gasteiger partial charge in [0.05, 0.1) is 5.02 Å². The zero-order chi connectivity index (χ0) is 10.8. The fourth-order valence-corrected chi connectivity index (χ4v) is 2.17. The fourth-order valence-electron chi connectivity index (χ4n) is 1.59. The van der Waals surface area contributed by atoms with Crippen LogP contribution < -0.4 is 0 Å². The van der Waals surface area contributed by atoms with Crippen LogP contribution in [-0.4, -0.2) is 5.78 Å². The van der Waals surface area contributed by atoms with Crippen molar-refractivity contribution < 1.29 is 4.79 Å². The number of benzene rings is 1. The second-order valence-corrected chi connectivity index (χ2v) is 5.35. The molecular formula is C12H12BrClO. The van der Waals surface area contributed by atoms with Gasteiger partial charge in [0.15, 0.2) is 5.78 Å². The molecule has 1 aliphatic rings. The molecule has 0 N–H and O–H groups in total. The van der Waals surface area contributed by atoms with E-state index in [-0.39, 0.29) is 5.78 Å². The van der Waals surface area contributed by atoms with Crippen LogP contribution in [0.2, 0.25) is 5.02 Å². The summed E-state index contributed by atoms with van der Waals surface area (Å²) < 4.78 is 0.904. The third-order valence-corrected chi connectivity index (χ3v) is 3.53. The minimum Gasteiger partial charge on any atom is -0.294 e. The van der Waals surface area contributed by atoms with E-state index in [1.807, 2.05) is 6.07 Å². The quantitative estimate of drug-likeness (QED) is 0.746. The van der Waals surface area contributed by atoms with Gasteiger partial charge in [-0.2, -0.15) is 0 Å². The molecule has 2 rings (SSSR count). The monoisotopic (exact) mass is 286 g/mol. The summed E-state index contributed by atoms with van der Waals surface area (Å²) in [7, 11) is 0. The molecule has 0 aromatic heterocycles. The van der Waals surface area contributed by atoms with Gasteiger partial charge in [-0.15, -0.1) is 0 Å². The Hall–Kier alpha value is -0.340. The number of hydrogen-bond acceptors (Lipinski definition) is 1. The Balaban J connectivity index is 2.05. The van der Waals surface area contributed by atoms with Crippen LogP contribution in [0.5, 0.6) is 0 Å². The van der Waals surface area contributed by atoms with Gasteiger partial charge in [0.2, 0.25) is 0 Å². The van der Waals surface area contributed by atoms with Crippen molar-refractivity contribution >= 4 is 33.3 Å². The fraction of sp³-hybridized carbons (Fsp3) is 0.417. The van der Waals surface area contributed by atoms with E-state index in [9.17, 15) is 4.79 Å². The molecule has 1 fully saturated rings. The molecule has 80 valence electrons. The van der Waals surface area contributed by atoms with Gasteiger partial charge in [0.25, 0.3) is 0 Å². The van der Waals surface area contributed by atoms with Crippen LogP contribution in [0.4, 0.5) is 0 Å². The standard InChI is InChI=1S/C12H12BrClO/c13-9-4-5-11(14)10(7-9)12(15)6-3-8-1-2-8/h4-5,7-8H,1-3,6H2. The zero-order valence-corrected chi connectivity index (χ0v) is 10.6. The summed E-state index contributed by atoms with van der Waals surface area (Å²) in [6.45, 7) is 0. The molecule has 0 unspecified atom stereocenters. The largest absolute Gasteiger partial charge is 0.294 e. The van der Waals surface area contributed by atoms with E-state index in [2.05, 4.69) is 15.9 Å². The van der Waals surface area contributed by atoms with Crippen LogP contribution in [-0.2, 0) is 0 Å². The lowest BCUT2D eigenvalue weighted by Crippen LogP contribution is -2.00. The Morgan fingerprint density at radius 1 is 1.47 bits per heavy atom. The Labute approximate surface area is 103 Å². The molecule has 0 radical (unpaired) electrons. The average molecular weight is 288 g/mol. The molecule has 15 heavy (non-hydrogen) atoms. The molecular weight excluding hydrogens is 275 g/mol. The Morgan fingerprint density at radius 3 is 2.87 bits per heavy atom. The van der Waals surface area contributed by atoms with E-state index >= 15 is 0 Å². The maximum absolute atomic E-state index is 11.8. The van der Waals surface area contributed by atoms with Gasteiger partial charge in [0.1, 0.15) is 0 Å². The second-order valence-electron chi connectivity index (χ2n) is 4.03. The van der Waals surface area contributed by atoms with Crippen LogP contribution in [0.1, 0.15) is 36.0 Å². The molecule has 0 bridgehead atoms. The third kappa shape index (κ3) is 3.05. The molecule has 1 aromatic rings. The van der Waals surface area contributed by atoms with Gasteiger partial charge in [0, 0.05) is 16.5 Å². The maximum atomic E-state index is 11.8. The Morgan fingerprint density at radius 2 is 2.20 bits per heavy atom. The molecule has 1 aliphatic carbocycles. The molecule has 0 saturated heterocycles. The highest BCUT2D eigenvalue weighted by Crippen LogP contribution is 2.34. The van der Waals surface area contributed by atoms with Crippen molar-refractivity contribution in [2.24, 2.45) is 5.92 Å². The number of rotatable bonds is 4. The van der Waals surface area contributed by atoms with Crippen LogP contribution in [0.3, 0.4) is 0 Å². The van der Waals surface area contributed by atoms with Crippen LogP contribution >= 0.6 is 27.5 Å². The predicted molar refractivity (Wildman–Crippen MR) is 65.4 cm³/mol. The SMILES string of the molecule is O=C(CCC1CC1)c1cc(Br)ccc1Cl. The summed E-state index contributed by atoms with van der Waals surface area (Å²) in [4.78, 5) is 11.8. The van der Waals surface area contributed by atoms with Crippen molar-refractivity contribution in [1.29, 1.82) is 0 Å². The highest BCUT2D eigenvalue weighted by molar-refractivity contribution is 9.10. The summed E-state index contributed by atoms with van der Waals surface area (Å²) in [6, 6.07) is 5.41. The maximum Gasteiger partial charge on any atom is 0.164 e. The highest BCUT2D eigenvalue weighted by Gasteiger charge is 2.22. The number of carbonyl (C=O) groups is 1. The van der Waals surface area contributed by atoms with Crippen molar-refractivity contribution in [3.63, 3.8) is 0 Å². The number of carbonyl (C=O) groups excluding carboxylic acids is 1. The zero-order valence-electron chi connectivity index (χ0n) is 8.30. The molecule has 3 heteroatoms. The van der Waals surface area contributed by atoms with E-state index in [1.54, 1.807) is 12.1 Å². The van der Waals surface area contributed by atoms with Gasteiger partial charge in [-0.3, -0.25) is 4.79 Å². The van der Waals surface area contributed by atoms with Gasteiger partial charge < -0.3 is 0 Å². The molecule has 0 amide bonds. The first-order valence-electron chi connectivity index (χ1n) is 5.15. The number of hydrogen-bond donors (Lipinski definition) is 0. The van der Waals surface area contributed by atoms with Crippen LogP contribution in [0.25, 0.3) is 0 Å². The first-order chi connectivity index (χ1) is 7.16. The normalized spacial score (nSPS) is 15.3. The van der Waals surface area contributed by atoms with E-state index in [1.165, 1.54) is 12.8 Å². The number of ketones is 1. The first-order valence-corrected chi connectivity index (χ1v) is 6.32. The molecule has 1 saturated carbocycles. The lowest BCUT2D eigenvalue weighted by Gasteiger charge is -2.03. The van der Waals surface area contributed by atoms with E-state index < -0.39 is 0 Å². The van der Waals surface area contributed by atoms with Crippen molar-refractivity contribution in [2.45, 2.75) is 25.7 Å². The van der Waals surface area contributed by atoms with E-state index in [0.29, 0.717) is 17.0 Å². The lowest BCUT2D eigenvalue weighted by molar-refractivity contribution is 0.0978. The summed E-state index contributed by atoms with van der Waals surface area (Å²) in [6.07, 6.45) is 4.22.